The number of aromatic nitrogens is 6. The first kappa shape index (κ1) is 27.1. The van der Waals surface area contributed by atoms with Gasteiger partial charge in [0.2, 0.25) is 11.8 Å². The molecule has 1 aliphatic carbocycles. The molecule has 0 bridgehead atoms. The SMILES string of the molecule is CC(c1ccn[nH]c1=O)n1cc(NC(=O)C(NC(=O)c2ccnn2C(C)C)C2CCC(F)(F)CC2)c(F)n1. The highest BCUT2D eigenvalue weighted by Gasteiger charge is 2.41. The Labute approximate surface area is 215 Å². The highest BCUT2D eigenvalue weighted by Crippen LogP contribution is 2.38. The number of rotatable bonds is 8. The van der Waals surface area contributed by atoms with Crippen LogP contribution < -0.4 is 16.2 Å². The molecule has 2 unspecified atom stereocenters. The van der Waals surface area contributed by atoms with Gasteiger partial charge >= 0.3 is 0 Å². The lowest BCUT2D eigenvalue weighted by atomic mass is 9.81. The van der Waals surface area contributed by atoms with Crippen LogP contribution in [0.25, 0.3) is 0 Å². The van der Waals surface area contributed by atoms with Crippen molar-refractivity contribution in [2.24, 2.45) is 5.92 Å². The summed E-state index contributed by atoms with van der Waals surface area (Å²) in [5.74, 6) is -5.81. The number of amides is 2. The van der Waals surface area contributed by atoms with Crippen LogP contribution in [0.4, 0.5) is 18.9 Å². The maximum atomic E-state index is 14.7. The third kappa shape index (κ3) is 5.78. The Balaban J connectivity index is 1.56. The molecular formula is C24H29F3N8O3. The molecule has 2 atom stereocenters. The average Bonchev–Trinajstić information content (AvgIpc) is 3.50. The quantitative estimate of drug-likeness (QED) is 0.406. The second-order valence-corrected chi connectivity index (χ2v) is 9.72. The van der Waals surface area contributed by atoms with E-state index in [2.05, 4.69) is 31.0 Å². The van der Waals surface area contributed by atoms with Crippen molar-refractivity contribution in [2.45, 2.75) is 70.5 Å². The molecule has 3 heterocycles. The molecule has 14 heteroatoms. The van der Waals surface area contributed by atoms with Crippen molar-refractivity contribution in [1.29, 1.82) is 0 Å². The van der Waals surface area contributed by atoms with Crippen LogP contribution in [-0.4, -0.2) is 53.5 Å². The van der Waals surface area contributed by atoms with E-state index in [1.165, 1.54) is 40.1 Å². The van der Waals surface area contributed by atoms with Crippen LogP contribution in [0, 0.1) is 11.9 Å². The van der Waals surface area contributed by atoms with E-state index >= 15 is 0 Å². The topological polar surface area (TPSA) is 140 Å². The number of nitrogens with one attached hydrogen (secondary N) is 3. The van der Waals surface area contributed by atoms with Crippen molar-refractivity contribution in [3.05, 3.63) is 58.3 Å². The van der Waals surface area contributed by atoms with Crippen molar-refractivity contribution in [3.8, 4) is 0 Å². The van der Waals surface area contributed by atoms with Gasteiger partial charge in [-0.15, -0.1) is 5.10 Å². The molecule has 3 aromatic heterocycles. The Morgan fingerprint density at radius 3 is 2.53 bits per heavy atom. The van der Waals surface area contributed by atoms with E-state index in [1.54, 1.807) is 6.92 Å². The van der Waals surface area contributed by atoms with Gasteiger partial charge in [-0.3, -0.25) is 23.7 Å². The summed E-state index contributed by atoms with van der Waals surface area (Å²) < 4.78 is 45.0. The number of nitrogens with zero attached hydrogens (tertiary/aromatic N) is 5. The molecule has 0 spiro atoms. The maximum Gasteiger partial charge on any atom is 0.270 e. The van der Waals surface area contributed by atoms with Gasteiger partial charge in [0.1, 0.15) is 17.4 Å². The summed E-state index contributed by atoms with van der Waals surface area (Å²) in [6.45, 7) is 5.28. The fraction of sp³-hybridized carbons (Fsp3) is 0.500. The summed E-state index contributed by atoms with van der Waals surface area (Å²) in [7, 11) is 0. The second kappa shape index (κ2) is 10.8. The van der Waals surface area contributed by atoms with Gasteiger partial charge in [0.15, 0.2) is 0 Å². The minimum absolute atomic E-state index is 0.00158. The lowest BCUT2D eigenvalue weighted by Crippen LogP contribution is -2.50. The van der Waals surface area contributed by atoms with Gasteiger partial charge in [0, 0.05) is 36.8 Å². The number of halogens is 3. The van der Waals surface area contributed by atoms with Crippen LogP contribution in [0.5, 0.6) is 0 Å². The Kier molecular flexibility index (Phi) is 7.69. The van der Waals surface area contributed by atoms with E-state index in [4.69, 9.17) is 0 Å². The number of H-pyrrole nitrogens is 1. The lowest BCUT2D eigenvalue weighted by molar-refractivity contribution is -0.121. The van der Waals surface area contributed by atoms with Gasteiger partial charge in [-0.05, 0) is 51.7 Å². The molecule has 1 saturated carbocycles. The first-order chi connectivity index (χ1) is 18.0. The number of alkyl halides is 2. The number of anilines is 1. The molecule has 1 fully saturated rings. The minimum atomic E-state index is -2.84. The number of aromatic amines is 1. The van der Waals surface area contributed by atoms with E-state index in [0.717, 1.165) is 0 Å². The predicted octanol–water partition coefficient (Wildman–Crippen LogP) is 3.05. The molecule has 204 valence electrons. The third-order valence-corrected chi connectivity index (χ3v) is 6.74. The molecule has 0 radical (unpaired) electrons. The molecule has 1 aliphatic rings. The lowest BCUT2D eigenvalue weighted by Gasteiger charge is -2.33. The Bertz CT molecular complexity index is 1360. The van der Waals surface area contributed by atoms with Crippen LogP contribution in [0.3, 0.4) is 0 Å². The van der Waals surface area contributed by atoms with E-state index in [-0.39, 0.29) is 35.8 Å². The number of hydrogen-bond acceptors (Lipinski definition) is 6. The van der Waals surface area contributed by atoms with Crippen molar-refractivity contribution >= 4 is 17.5 Å². The zero-order valence-electron chi connectivity index (χ0n) is 21.1. The number of hydrogen-bond donors (Lipinski definition) is 3. The maximum absolute atomic E-state index is 14.7. The summed E-state index contributed by atoms with van der Waals surface area (Å²) in [4.78, 5) is 38.5. The Morgan fingerprint density at radius 1 is 1.16 bits per heavy atom. The molecule has 3 N–H and O–H groups in total. The standard InChI is InChI=1S/C24H29F3N8O3/c1-13(2)35-18(7-11-29-35)22(37)31-19(15-4-8-24(26,27)9-5-15)23(38)30-17-12-34(33-20(17)25)14(3)16-6-10-28-32-21(16)36/h6-7,10-15,19H,4-5,8-9H2,1-3H3,(H,30,38)(H,31,37)(H,32,36). The number of carbonyl (C=O) groups excluding carboxylic acids is 2. The largest absolute Gasteiger partial charge is 0.339 e. The van der Waals surface area contributed by atoms with E-state index in [0.29, 0.717) is 0 Å². The average molecular weight is 535 g/mol. The Morgan fingerprint density at radius 2 is 1.87 bits per heavy atom. The van der Waals surface area contributed by atoms with Crippen LogP contribution in [0.2, 0.25) is 0 Å². The monoisotopic (exact) mass is 534 g/mol. The minimum Gasteiger partial charge on any atom is -0.339 e. The molecule has 0 saturated heterocycles. The molecule has 0 aromatic carbocycles. The zero-order valence-corrected chi connectivity index (χ0v) is 21.1. The van der Waals surface area contributed by atoms with Crippen LogP contribution in [0.15, 0.2) is 35.5 Å². The van der Waals surface area contributed by atoms with Gasteiger partial charge in [0.25, 0.3) is 17.4 Å². The van der Waals surface area contributed by atoms with Crippen LogP contribution in [-0.2, 0) is 4.79 Å². The zero-order chi connectivity index (χ0) is 27.6. The van der Waals surface area contributed by atoms with Crippen molar-refractivity contribution in [3.63, 3.8) is 0 Å². The molecule has 38 heavy (non-hydrogen) atoms. The van der Waals surface area contributed by atoms with Gasteiger partial charge in [-0.2, -0.15) is 14.6 Å². The third-order valence-electron chi connectivity index (χ3n) is 6.74. The summed E-state index contributed by atoms with van der Waals surface area (Å²) >= 11 is 0. The summed E-state index contributed by atoms with van der Waals surface area (Å²) in [6, 6.07) is 0.923. The van der Waals surface area contributed by atoms with Crippen molar-refractivity contribution < 1.29 is 22.8 Å². The fourth-order valence-electron chi connectivity index (χ4n) is 4.60. The molecule has 11 nitrogen and oxygen atoms in total. The first-order valence-corrected chi connectivity index (χ1v) is 12.3. The fourth-order valence-corrected chi connectivity index (χ4v) is 4.60. The Hall–Kier alpha value is -3.97. The second-order valence-electron chi connectivity index (χ2n) is 9.72. The first-order valence-electron chi connectivity index (χ1n) is 12.3. The van der Waals surface area contributed by atoms with Crippen molar-refractivity contribution in [2.75, 3.05) is 5.32 Å². The van der Waals surface area contributed by atoms with E-state index in [9.17, 15) is 27.6 Å². The predicted molar refractivity (Wildman–Crippen MR) is 130 cm³/mol. The summed E-state index contributed by atoms with van der Waals surface area (Å²) in [5, 5.41) is 18.9. The summed E-state index contributed by atoms with van der Waals surface area (Å²) in [5.41, 5.74) is -0.274. The van der Waals surface area contributed by atoms with Gasteiger partial charge in [-0.1, -0.05) is 0 Å². The van der Waals surface area contributed by atoms with Crippen LogP contribution >= 0.6 is 0 Å². The van der Waals surface area contributed by atoms with E-state index in [1.807, 2.05) is 13.8 Å². The van der Waals surface area contributed by atoms with Crippen LogP contribution in [0.1, 0.15) is 74.6 Å². The highest BCUT2D eigenvalue weighted by molar-refractivity contribution is 6.00. The van der Waals surface area contributed by atoms with Crippen molar-refractivity contribution in [1.82, 2.24) is 35.1 Å². The summed E-state index contributed by atoms with van der Waals surface area (Å²) in [6.07, 6.45) is 3.19. The van der Waals surface area contributed by atoms with Gasteiger partial charge < -0.3 is 10.6 Å². The molecule has 4 rings (SSSR count). The molecular weight excluding hydrogens is 505 g/mol. The smallest absolute Gasteiger partial charge is 0.270 e. The highest BCUT2D eigenvalue weighted by atomic mass is 19.3. The molecule has 0 aliphatic heterocycles. The van der Waals surface area contributed by atoms with Gasteiger partial charge in [0.05, 0.1) is 12.2 Å². The molecule has 2 amide bonds. The van der Waals surface area contributed by atoms with Gasteiger partial charge in [-0.25, -0.2) is 13.9 Å². The normalized spacial score (nSPS) is 17.2. The molecule has 3 aromatic rings. The number of carbonyl (C=O) groups is 2. The van der Waals surface area contributed by atoms with E-state index < -0.39 is 60.1 Å².